The first-order valence-corrected chi connectivity index (χ1v) is 7.33. The Hall–Kier alpha value is -2.10. The van der Waals surface area contributed by atoms with Crippen LogP contribution in [0.15, 0.2) is 48.7 Å². The highest BCUT2D eigenvalue weighted by molar-refractivity contribution is 6.35. The zero-order chi connectivity index (χ0) is 15.7. The van der Waals surface area contributed by atoms with Gasteiger partial charge >= 0.3 is 5.97 Å². The lowest BCUT2D eigenvalue weighted by atomic mass is 10.1. The molecule has 0 radical (unpaired) electrons. The number of hydrogen-bond donors (Lipinski definition) is 0. The molecule has 3 nitrogen and oxygen atoms in total. The lowest BCUT2D eigenvalue weighted by molar-refractivity contribution is 0.0736. The smallest absolute Gasteiger partial charge is 0.343 e. The van der Waals surface area contributed by atoms with Gasteiger partial charge in [-0.3, -0.25) is 4.98 Å². The van der Waals surface area contributed by atoms with Gasteiger partial charge in [0.15, 0.2) is 5.75 Å². The lowest BCUT2D eigenvalue weighted by Gasteiger charge is -2.09. The number of aromatic nitrogens is 1. The maximum atomic E-state index is 12.3. The second-order valence-electron chi connectivity index (χ2n) is 4.79. The highest BCUT2D eigenvalue weighted by atomic mass is 35.5. The summed E-state index contributed by atoms with van der Waals surface area (Å²) in [6, 6.07) is 12.0. The average Bonchev–Trinajstić information content (AvgIpc) is 2.50. The Morgan fingerprint density at radius 2 is 1.95 bits per heavy atom. The van der Waals surface area contributed by atoms with Gasteiger partial charge in [-0.2, -0.15) is 0 Å². The van der Waals surface area contributed by atoms with Crippen molar-refractivity contribution in [3.63, 3.8) is 0 Å². The number of fused-ring (bicyclic) bond motifs is 1. The number of aryl methyl sites for hydroxylation is 1. The zero-order valence-corrected chi connectivity index (χ0v) is 13.2. The van der Waals surface area contributed by atoms with Crippen LogP contribution in [-0.2, 0) is 0 Å². The van der Waals surface area contributed by atoms with Crippen LogP contribution in [0.25, 0.3) is 10.9 Å². The number of pyridine rings is 1. The third-order valence-electron chi connectivity index (χ3n) is 3.29. The van der Waals surface area contributed by atoms with E-state index in [1.807, 2.05) is 6.07 Å². The number of rotatable bonds is 2. The van der Waals surface area contributed by atoms with E-state index in [9.17, 15) is 4.79 Å². The Bertz CT molecular complexity index is 878. The molecular formula is C17H11Cl2NO2. The summed E-state index contributed by atoms with van der Waals surface area (Å²) >= 11 is 12.0. The Kier molecular flexibility index (Phi) is 4.01. The average molecular weight is 332 g/mol. The van der Waals surface area contributed by atoms with Crippen LogP contribution in [0.4, 0.5) is 0 Å². The molecule has 0 aliphatic heterocycles. The van der Waals surface area contributed by atoms with E-state index in [0.29, 0.717) is 26.9 Å². The fourth-order valence-corrected chi connectivity index (χ4v) is 2.65. The molecule has 110 valence electrons. The molecule has 0 saturated carbocycles. The lowest BCUT2D eigenvalue weighted by Crippen LogP contribution is -2.10. The van der Waals surface area contributed by atoms with Crippen molar-refractivity contribution < 1.29 is 9.53 Å². The molecule has 0 spiro atoms. The van der Waals surface area contributed by atoms with Crippen molar-refractivity contribution in [3.8, 4) is 5.75 Å². The Labute approximate surface area is 137 Å². The molecule has 0 aliphatic carbocycles. The SMILES string of the molecule is Cc1cc(Cl)ccc1C(=O)Oc1ccc(Cl)c2cccnc12. The van der Waals surface area contributed by atoms with Crippen LogP contribution in [0.2, 0.25) is 10.0 Å². The number of esters is 1. The first-order valence-electron chi connectivity index (χ1n) is 6.58. The summed E-state index contributed by atoms with van der Waals surface area (Å²) < 4.78 is 5.49. The molecule has 0 N–H and O–H groups in total. The van der Waals surface area contributed by atoms with Crippen molar-refractivity contribution in [2.24, 2.45) is 0 Å². The minimum atomic E-state index is -0.455. The van der Waals surface area contributed by atoms with Crippen LogP contribution in [0.5, 0.6) is 5.75 Å². The highest BCUT2D eigenvalue weighted by Gasteiger charge is 2.15. The minimum Gasteiger partial charge on any atom is -0.421 e. The van der Waals surface area contributed by atoms with E-state index in [0.717, 1.165) is 10.9 Å². The van der Waals surface area contributed by atoms with Gasteiger partial charge < -0.3 is 4.74 Å². The standard InChI is InChI=1S/C17H11Cl2NO2/c1-10-9-11(18)4-5-12(10)17(21)22-15-7-6-14(19)13-3-2-8-20-16(13)15/h2-9H,1H3. The zero-order valence-electron chi connectivity index (χ0n) is 11.6. The van der Waals surface area contributed by atoms with Crippen molar-refractivity contribution in [3.05, 3.63) is 69.8 Å². The second-order valence-corrected chi connectivity index (χ2v) is 5.64. The van der Waals surface area contributed by atoms with Crippen LogP contribution in [-0.4, -0.2) is 11.0 Å². The van der Waals surface area contributed by atoms with Gasteiger partial charge in [0.1, 0.15) is 5.52 Å². The van der Waals surface area contributed by atoms with E-state index in [1.165, 1.54) is 0 Å². The number of carbonyl (C=O) groups excluding carboxylic acids is 1. The molecule has 0 bridgehead atoms. The quantitative estimate of drug-likeness (QED) is 0.486. The molecule has 0 amide bonds. The summed E-state index contributed by atoms with van der Waals surface area (Å²) in [6.45, 7) is 1.81. The largest absolute Gasteiger partial charge is 0.421 e. The third kappa shape index (κ3) is 2.78. The normalized spacial score (nSPS) is 10.7. The van der Waals surface area contributed by atoms with Gasteiger partial charge in [0.05, 0.1) is 10.6 Å². The molecule has 0 aliphatic rings. The van der Waals surface area contributed by atoms with Crippen LogP contribution in [0.1, 0.15) is 15.9 Å². The molecule has 22 heavy (non-hydrogen) atoms. The predicted octanol–water partition coefficient (Wildman–Crippen LogP) is 5.07. The molecule has 0 saturated heterocycles. The van der Waals surface area contributed by atoms with Gasteiger partial charge in [-0.1, -0.05) is 23.2 Å². The van der Waals surface area contributed by atoms with Gasteiger partial charge in [-0.25, -0.2) is 4.79 Å². The van der Waals surface area contributed by atoms with Crippen LogP contribution in [0.3, 0.4) is 0 Å². The number of benzene rings is 2. The van der Waals surface area contributed by atoms with Crippen molar-refractivity contribution >= 4 is 40.1 Å². The van der Waals surface area contributed by atoms with E-state index < -0.39 is 5.97 Å². The van der Waals surface area contributed by atoms with E-state index in [2.05, 4.69) is 4.98 Å². The predicted molar refractivity (Wildman–Crippen MR) is 87.9 cm³/mol. The van der Waals surface area contributed by atoms with E-state index in [4.69, 9.17) is 27.9 Å². The summed E-state index contributed by atoms with van der Waals surface area (Å²) in [5.74, 6) is -0.0807. The van der Waals surface area contributed by atoms with E-state index >= 15 is 0 Å². The van der Waals surface area contributed by atoms with Crippen molar-refractivity contribution in [2.75, 3.05) is 0 Å². The monoisotopic (exact) mass is 331 g/mol. The molecule has 2 aromatic carbocycles. The molecule has 0 unspecified atom stereocenters. The summed E-state index contributed by atoms with van der Waals surface area (Å²) in [7, 11) is 0. The van der Waals surface area contributed by atoms with Crippen molar-refractivity contribution in [1.29, 1.82) is 0 Å². The van der Waals surface area contributed by atoms with Crippen LogP contribution >= 0.6 is 23.2 Å². The summed E-state index contributed by atoms with van der Waals surface area (Å²) in [5, 5.41) is 1.88. The molecule has 1 heterocycles. The molecule has 3 aromatic rings. The van der Waals surface area contributed by atoms with Crippen molar-refractivity contribution in [1.82, 2.24) is 4.98 Å². The first kappa shape index (κ1) is 14.8. The molecule has 0 atom stereocenters. The Morgan fingerprint density at radius 1 is 1.14 bits per heavy atom. The van der Waals surface area contributed by atoms with Crippen LogP contribution in [0, 0.1) is 6.92 Å². The molecule has 0 fully saturated rings. The maximum Gasteiger partial charge on any atom is 0.343 e. The fraction of sp³-hybridized carbons (Fsp3) is 0.0588. The molecule has 5 heteroatoms. The minimum absolute atomic E-state index is 0.374. The topological polar surface area (TPSA) is 39.2 Å². The van der Waals surface area contributed by atoms with Gasteiger partial charge in [0.25, 0.3) is 0 Å². The number of carbonyl (C=O) groups is 1. The molecule has 3 rings (SSSR count). The number of hydrogen-bond acceptors (Lipinski definition) is 3. The third-order valence-corrected chi connectivity index (χ3v) is 3.86. The Morgan fingerprint density at radius 3 is 2.73 bits per heavy atom. The number of nitrogens with zero attached hydrogens (tertiary/aromatic N) is 1. The molecular weight excluding hydrogens is 321 g/mol. The highest BCUT2D eigenvalue weighted by Crippen LogP contribution is 2.30. The summed E-state index contributed by atoms with van der Waals surface area (Å²) in [6.07, 6.45) is 1.63. The second kappa shape index (κ2) is 5.95. The van der Waals surface area contributed by atoms with Crippen LogP contribution < -0.4 is 4.74 Å². The summed E-state index contributed by atoms with van der Waals surface area (Å²) in [4.78, 5) is 16.6. The van der Waals surface area contributed by atoms with Gasteiger partial charge in [-0.05, 0) is 55.0 Å². The van der Waals surface area contributed by atoms with Crippen molar-refractivity contribution in [2.45, 2.75) is 6.92 Å². The van der Waals surface area contributed by atoms with E-state index in [1.54, 1.807) is 49.5 Å². The van der Waals surface area contributed by atoms with E-state index in [-0.39, 0.29) is 0 Å². The Balaban J connectivity index is 2.00. The van der Waals surface area contributed by atoms with Gasteiger partial charge in [-0.15, -0.1) is 0 Å². The summed E-state index contributed by atoms with van der Waals surface area (Å²) in [5.41, 5.74) is 1.77. The van der Waals surface area contributed by atoms with Gasteiger partial charge in [0.2, 0.25) is 0 Å². The number of halogens is 2. The number of ether oxygens (including phenoxy) is 1. The molecule has 1 aromatic heterocycles. The maximum absolute atomic E-state index is 12.3. The first-order chi connectivity index (χ1) is 10.6. The van der Waals surface area contributed by atoms with Gasteiger partial charge in [0, 0.05) is 16.6 Å². The fourth-order valence-electron chi connectivity index (χ4n) is 2.21.